The van der Waals surface area contributed by atoms with E-state index in [4.69, 9.17) is 13.9 Å². The predicted molar refractivity (Wildman–Crippen MR) is 310 cm³/mol. The highest BCUT2D eigenvalue weighted by atomic mass is 32.2. The third kappa shape index (κ3) is 18.5. The van der Waals surface area contributed by atoms with Crippen LogP contribution in [0.3, 0.4) is 0 Å². The molecule has 0 spiro atoms. The van der Waals surface area contributed by atoms with Crippen molar-refractivity contribution in [2.45, 2.75) is 161 Å². The van der Waals surface area contributed by atoms with E-state index in [0.29, 0.717) is 61.2 Å². The lowest BCUT2D eigenvalue weighted by atomic mass is 9.84. The predicted octanol–water partition coefficient (Wildman–Crippen LogP) is 8.95. The minimum Gasteiger partial charge on any atom is -0.497 e. The van der Waals surface area contributed by atoms with Gasteiger partial charge in [-0.3, -0.25) is 24.0 Å². The minimum atomic E-state index is -4.09. The number of rotatable bonds is 30. The number of piperidine rings is 1. The summed E-state index contributed by atoms with van der Waals surface area (Å²) in [6.07, 6.45) is 2.34. The summed E-state index contributed by atoms with van der Waals surface area (Å²) in [7, 11) is -2.60. The number of nitrogens with one attached hydrogen (secondary N) is 2. The molecular weight excluding hydrogens is 1050 g/mol. The zero-order valence-electron chi connectivity index (χ0n) is 48.3. The summed E-state index contributed by atoms with van der Waals surface area (Å²) in [5.41, 5.74) is 4.58. The van der Waals surface area contributed by atoms with Gasteiger partial charge in [-0.25, -0.2) is 13.2 Å². The Hall–Kier alpha value is -6.95. The van der Waals surface area contributed by atoms with Crippen LogP contribution >= 0.6 is 0 Å². The van der Waals surface area contributed by atoms with Gasteiger partial charge in [0.1, 0.15) is 29.4 Å². The topological polar surface area (TPSA) is 219 Å². The van der Waals surface area contributed by atoms with Gasteiger partial charge < -0.3 is 34.5 Å². The van der Waals surface area contributed by atoms with E-state index in [0.717, 1.165) is 22.3 Å². The zero-order valence-corrected chi connectivity index (χ0v) is 49.1. The number of carbonyl (C=O) groups is 6. The fraction of sp³-hybridized carbons (Fsp3) is 0.469. The lowest BCUT2D eigenvalue weighted by molar-refractivity contribution is -0.164. The molecule has 6 rings (SSSR count). The summed E-state index contributed by atoms with van der Waals surface area (Å²) in [5, 5.41) is 17.8. The molecule has 1 aromatic heterocycles. The lowest BCUT2D eigenvalue weighted by Crippen LogP contribution is -2.53. The molecule has 0 aliphatic carbocycles. The molecule has 1 fully saturated rings. The number of ether oxygens (including phenoxy) is 2. The molecule has 0 saturated carbocycles. The molecule has 5 aromatic rings. The summed E-state index contributed by atoms with van der Waals surface area (Å²) < 4.78 is 46.5. The molecule has 5 atom stereocenters. The van der Waals surface area contributed by atoms with Crippen molar-refractivity contribution < 1.29 is 56.2 Å². The van der Waals surface area contributed by atoms with Crippen molar-refractivity contribution in [3.8, 4) is 5.75 Å². The zero-order chi connectivity index (χ0) is 58.9. The van der Waals surface area contributed by atoms with Crippen LogP contribution in [0.2, 0.25) is 0 Å². The molecular formula is C64H82N4O12S. The highest BCUT2D eigenvalue weighted by Gasteiger charge is 2.41. The van der Waals surface area contributed by atoms with E-state index in [2.05, 4.69) is 22.8 Å². The molecule has 16 nitrogen and oxygen atoms in total. The molecule has 81 heavy (non-hydrogen) atoms. The number of amides is 3. The van der Waals surface area contributed by atoms with Gasteiger partial charge in [0.05, 0.1) is 30.4 Å². The summed E-state index contributed by atoms with van der Waals surface area (Å²) >= 11 is 0. The summed E-state index contributed by atoms with van der Waals surface area (Å²) in [6.45, 7) is 13.2. The number of ketones is 2. The molecule has 436 valence electrons. The van der Waals surface area contributed by atoms with Crippen LogP contribution in [0.1, 0.15) is 131 Å². The largest absolute Gasteiger partial charge is 0.497 e. The number of esters is 1. The minimum absolute atomic E-state index is 0.0154. The van der Waals surface area contributed by atoms with E-state index >= 15 is 0 Å². The summed E-state index contributed by atoms with van der Waals surface area (Å²) in [4.78, 5) is 84.0. The van der Waals surface area contributed by atoms with Crippen molar-refractivity contribution in [2.75, 3.05) is 26.7 Å². The van der Waals surface area contributed by atoms with E-state index in [1.807, 2.05) is 83.1 Å². The fourth-order valence-electron chi connectivity index (χ4n) is 9.94. The van der Waals surface area contributed by atoms with Gasteiger partial charge in [0.2, 0.25) is 27.6 Å². The summed E-state index contributed by atoms with van der Waals surface area (Å²) in [5.74, 6) is -2.10. The molecule has 0 radical (unpaired) electrons. The number of hydrogen-bond acceptors (Lipinski definition) is 12. The van der Waals surface area contributed by atoms with Gasteiger partial charge in [-0.15, -0.1) is 0 Å². The molecule has 4 aromatic carbocycles. The first-order valence-corrected chi connectivity index (χ1v) is 29.7. The van der Waals surface area contributed by atoms with Gasteiger partial charge in [-0.1, -0.05) is 107 Å². The van der Waals surface area contributed by atoms with E-state index in [1.165, 1.54) is 34.7 Å². The normalized spacial score (nSPS) is 15.3. The molecule has 1 aliphatic heterocycles. The van der Waals surface area contributed by atoms with Crippen LogP contribution in [0, 0.1) is 25.2 Å². The third-order valence-electron chi connectivity index (χ3n) is 15.2. The lowest BCUT2D eigenvalue weighted by Gasteiger charge is -2.36. The third-order valence-corrected chi connectivity index (χ3v) is 17.0. The number of likely N-dealkylation sites (tertiary alicyclic amines) is 1. The van der Waals surface area contributed by atoms with Crippen LogP contribution < -0.4 is 15.4 Å². The van der Waals surface area contributed by atoms with Gasteiger partial charge >= 0.3 is 5.97 Å². The SMILES string of the molecule is CCC(C)(C)C(=O)C(=O)N1CCCC[C@H]1C(=O)O[C@H](CCc1ccc(C)c(C)c1)c1cccc(CC(=O)CCC(=O)NC(CC(=O)N[C@@H](Cc2ccccc2)[C@H](O)CN(CC(C)C)S(=O)(=O)c2ccc(OC)cc2)Cc2ccco2)c1. The molecule has 1 aliphatic rings. The molecule has 3 N–H and O–H groups in total. The highest BCUT2D eigenvalue weighted by molar-refractivity contribution is 7.89. The Morgan fingerprint density at radius 1 is 0.802 bits per heavy atom. The first-order valence-electron chi connectivity index (χ1n) is 28.3. The second-order valence-corrected chi connectivity index (χ2v) is 24.4. The van der Waals surface area contributed by atoms with Gasteiger partial charge in [0.25, 0.3) is 5.91 Å². The van der Waals surface area contributed by atoms with Crippen LogP contribution in [0.15, 0.2) is 125 Å². The van der Waals surface area contributed by atoms with Crippen molar-refractivity contribution in [1.82, 2.24) is 19.8 Å². The van der Waals surface area contributed by atoms with Crippen LogP contribution in [-0.2, 0) is 69.2 Å². The van der Waals surface area contributed by atoms with Crippen molar-refractivity contribution in [2.24, 2.45) is 11.3 Å². The van der Waals surface area contributed by atoms with E-state index in [9.17, 15) is 42.3 Å². The van der Waals surface area contributed by atoms with Gasteiger partial charge in [-0.2, -0.15) is 4.31 Å². The molecule has 2 heterocycles. The number of furan rings is 1. The van der Waals surface area contributed by atoms with Crippen molar-refractivity contribution in [1.29, 1.82) is 0 Å². The number of benzene rings is 4. The Bertz CT molecular complexity index is 3020. The molecule has 0 bridgehead atoms. The Balaban J connectivity index is 1.13. The number of methoxy groups -OCH3 is 1. The molecule has 17 heteroatoms. The smallest absolute Gasteiger partial charge is 0.329 e. The van der Waals surface area contributed by atoms with E-state index < -0.39 is 75.2 Å². The standard InChI is InChI=1S/C64H82N4O12S/c1-9-64(6,7)61(73)62(74)68-33-14-13-22-56(68)63(75)80-58(31-25-47-24-23-44(4)45(5)35-47)49-20-15-19-48(36-49)37-51(69)26-32-59(71)65-50(39-53-21-16-34-79-53)40-60(72)66-55(38-46-17-11-10-12-18-46)57(70)42-67(41-43(2)3)81(76,77)54-29-27-52(78-8)28-30-54/h10-12,15-21,23-24,27-30,34-36,43,50,55-58,70H,9,13-14,22,25-26,31-33,37-42H2,1-8H3,(H,65,71)(H,66,72)/t50?,55-,56-,57+,58+/m0/s1. The number of aliphatic hydroxyl groups is 1. The Morgan fingerprint density at radius 2 is 1.53 bits per heavy atom. The molecule has 1 saturated heterocycles. The number of sulfonamides is 1. The number of Topliss-reactive ketones (excluding diaryl/α,β-unsaturated/α-hetero) is 2. The number of aliphatic hydroxyl groups excluding tert-OH is 1. The summed E-state index contributed by atoms with van der Waals surface area (Å²) in [6, 6.07) is 29.5. The monoisotopic (exact) mass is 1130 g/mol. The maximum atomic E-state index is 14.2. The number of carbonyl (C=O) groups excluding carboxylic acids is 6. The van der Waals surface area contributed by atoms with Gasteiger partial charge in [-0.05, 0) is 134 Å². The molecule has 1 unspecified atom stereocenters. The van der Waals surface area contributed by atoms with E-state index in [-0.39, 0.29) is 74.8 Å². The first-order chi connectivity index (χ1) is 38.6. The Labute approximate surface area is 478 Å². The second kappa shape index (κ2) is 29.7. The second-order valence-electron chi connectivity index (χ2n) is 22.5. The first kappa shape index (κ1) is 63.2. The van der Waals surface area contributed by atoms with Gasteiger partial charge in [0.15, 0.2) is 0 Å². The van der Waals surface area contributed by atoms with Crippen LogP contribution in [0.5, 0.6) is 5.75 Å². The average molecular weight is 1130 g/mol. The molecule has 3 amide bonds. The van der Waals surface area contributed by atoms with Crippen LogP contribution in [0.4, 0.5) is 0 Å². The van der Waals surface area contributed by atoms with Crippen molar-refractivity contribution >= 4 is 45.3 Å². The van der Waals surface area contributed by atoms with Gasteiger partial charge in [0, 0.05) is 63.2 Å². The number of nitrogens with zero attached hydrogens (tertiary/aromatic N) is 2. The van der Waals surface area contributed by atoms with E-state index in [1.54, 1.807) is 50.2 Å². The highest BCUT2D eigenvalue weighted by Crippen LogP contribution is 2.31. The van der Waals surface area contributed by atoms with Crippen LogP contribution in [0.25, 0.3) is 0 Å². The fourth-order valence-corrected chi connectivity index (χ4v) is 11.6. The number of hydrogen-bond donors (Lipinski definition) is 3. The maximum Gasteiger partial charge on any atom is 0.329 e. The quantitative estimate of drug-likeness (QED) is 0.0290. The van der Waals surface area contributed by atoms with Crippen LogP contribution in [-0.4, -0.2) is 109 Å². The van der Waals surface area contributed by atoms with Crippen molar-refractivity contribution in [3.05, 3.63) is 155 Å². The average Bonchev–Trinajstić information content (AvgIpc) is 4.02. The maximum absolute atomic E-state index is 14.2. The van der Waals surface area contributed by atoms with Crippen molar-refractivity contribution in [3.63, 3.8) is 0 Å². The number of aryl methyl sites for hydroxylation is 3. The Kier molecular flexibility index (Phi) is 23.2. The Morgan fingerprint density at radius 3 is 2.20 bits per heavy atom.